The van der Waals surface area contributed by atoms with Gasteiger partial charge in [0.15, 0.2) is 5.13 Å². The van der Waals surface area contributed by atoms with E-state index in [-0.39, 0.29) is 10.8 Å². The summed E-state index contributed by atoms with van der Waals surface area (Å²) in [6.07, 6.45) is 0. The number of aryl methyl sites for hydroxylation is 2. The molecular weight excluding hydrogens is 540 g/mol. The molecule has 1 N–H and O–H groups in total. The number of nitrogens with one attached hydrogen (secondary N) is 1. The number of carbonyl (C=O) groups excluding carboxylic acids is 1. The number of fused-ring (bicyclic) bond motifs is 1. The molecule has 0 unspecified atom stereocenters. The van der Waals surface area contributed by atoms with Crippen molar-refractivity contribution in [1.29, 1.82) is 0 Å². The molecule has 3 aromatic carbocycles. The minimum atomic E-state index is -3.85. The fraction of sp³-hybridized carbons (Fsp3) is 0.286. The Morgan fingerprint density at radius 2 is 1.66 bits per heavy atom. The van der Waals surface area contributed by atoms with E-state index in [0.717, 1.165) is 28.9 Å². The summed E-state index contributed by atoms with van der Waals surface area (Å²) in [6, 6.07) is 16.6. The van der Waals surface area contributed by atoms with Gasteiger partial charge >= 0.3 is 0 Å². The molecule has 200 valence electrons. The van der Waals surface area contributed by atoms with E-state index in [9.17, 15) is 13.2 Å². The fourth-order valence-corrected chi connectivity index (χ4v) is 6.29. The van der Waals surface area contributed by atoms with Crippen molar-refractivity contribution >= 4 is 59.9 Å². The number of sulfonamides is 1. The third-order valence-corrected chi connectivity index (χ3v) is 9.18. The van der Waals surface area contributed by atoms with Crippen molar-refractivity contribution in [1.82, 2.24) is 9.88 Å². The summed E-state index contributed by atoms with van der Waals surface area (Å²) in [5.74, 6) is -0.239. The second-order valence-corrected chi connectivity index (χ2v) is 12.2. The lowest BCUT2D eigenvalue weighted by Gasteiger charge is -2.25. The number of rotatable bonds is 10. The third kappa shape index (κ3) is 6.35. The largest absolute Gasteiger partial charge is 0.302 e. The van der Waals surface area contributed by atoms with Gasteiger partial charge in [-0.3, -0.25) is 14.4 Å². The van der Waals surface area contributed by atoms with Gasteiger partial charge in [-0.15, -0.1) is 0 Å². The van der Waals surface area contributed by atoms with Crippen LogP contribution in [0.15, 0.2) is 65.6 Å². The van der Waals surface area contributed by atoms with Crippen molar-refractivity contribution in [3.8, 4) is 0 Å². The van der Waals surface area contributed by atoms with Crippen molar-refractivity contribution < 1.29 is 13.2 Å². The zero-order valence-electron chi connectivity index (χ0n) is 21.9. The Morgan fingerprint density at radius 3 is 2.34 bits per heavy atom. The molecule has 1 heterocycles. The van der Waals surface area contributed by atoms with Crippen LogP contribution in [0.2, 0.25) is 5.02 Å². The Balaban J connectivity index is 1.66. The van der Waals surface area contributed by atoms with Crippen LogP contribution in [0.4, 0.5) is 10.8 Å². The second kappa shape index (κ2) is 11.8. The fourth-order valence-electron chi connectivity index (χ4n) is 4.05. The average Bonchev–Trinajstić information content (AvgIpc) is 3.29. The van der Waals surface area contributed by atoms with Crippen molar-refractivity contribution in [2.45, 2.75) is 32.6 Å². The lowest BCUT2D eigenvalue weighted by molar-refractivity contribution is 0.0984. The van der Waals surface area contributed by atoms with Gasteiger partial charge in [0.2, 0.25) is 0 Å². The average molecular weight is 571 g/mol. The molecule has 10 heteroatoms. The number of aromatic nitrogens is 1. The van der Waals surface area contributed by atoms with Gasteiger partial charge in [-0.1, -0.05) is 42.9 Å². The van der Waals surface area contributed by atoms with E-state index in [4.69, 9.17) is 16.6 Å². The van der Waals surface area contributed by atoms with E-state index < -0.39 is 10.0 Å². The number of anilines is 2. The van der Waals surface area contributed by atoms with E-state index in [1.54, 1.807) is 29.2 Å². The van der Waals surface area contributed by atoms with Crippen LogP contribution in [-0.4, -0.2) is 50.4 Å². The van der Waals surface area contributed by atoms with Crippen LogP contribution in [0.3, 0.4) is 0 Å². The van der Waals surface area contributed by atoms with Crippen LogP contribution < -0.4 is 9.62 Å². The molecule has 4 aromatic rings. The number of likely N-dealkylation sites (N-methyl/N-ethyl adjacent to an activating group) is 1. The van der Waals surface area contributed by atoms with Crippen LogP contribution in [0.5, 0.6) is 0 Å². The van der Waals surface area contributed by atoms with E-state index in [0.29, 0.717) is 34.5 Å². The molecule has 0 aliphatic heterocycles. The van der Waals surface area contributed by atoms with Crippen LogP contribution in [0, 0.1) is 13.8 Å². The first-order valence-corrected chi connectivity index (χ1v) is 15.1. The molecule has 0 saturated carbocycles. The van der Waals surface area contributed by atoms with E-state index >= 15 is 0 Å². The van der Waals surface area contributed by atoms with E-state index in [1.165, 1.54) is 41.2 Å². The number of nitrogens with zero attached hydrogens (tertiary/aromatic N) is 3. The molecule has 0 bridgehead atoms. The predicted molar refractivity (Wildman–Crippen MR) is 157 cm³/mol. The van der Waals surface area contributed by atoms with Crippen LogP contribution in [-0.2, 0) is 10.0 Å². The first kappa shape index (κ1) is 28.0. The van der Waals surface area contributed by atoms with Crippen molar-refractivity contribution in [3.63, 3.8) is 0 Å². The van der Waals surface area contributed by atoms with Gasteiger partial charge < -0.3 is 4.90 Å². The first-order chi connectivity index (χ1) is 18.1. The number of halogens is 1. The molecule has 7 nitrogen and oxygen atoms in total. The topological polar surface area (TPSA) is 82.6 Å². The lowest BCUT2D eigenvalue weighted by atomic mass is 10.1. The smallest absolute Gasteiger partial charge is 0.261 e. The highest BCUT2D eigenvalue weighted by Gasteiger charge is 2.23. The molecule has 0 aliphatic rings. The monoisotopic (exact) mass is 570 g/mol. The number of amides is 1. The Bertz CT molecular complexity index is 1510. The summed E-state index contributed by atoms with van der Waals surface area (Å²) in [7, 11) is -3.85. The number of thiazole rings is 1. The van der Waals surface area contributed by atoms with Crippen LogP contribution >= 0.6 is 22.9 Å². The molecule has 0 aliphatic carbocycles. The number of hydrogen-bond acceptors (Lipinski definition) is 6. The minimum absolute atomic E-state index is 0.0829. The van der Waals surface area contributed by atoms with Gasteiger partial charge in [-0.05, 0) is 92.7 Å². The second-order valence-electron chi connectivity index (χ2n) is 9.02. The maximum absolute atomic E-state index is 13.9. The summed E-state index contributed by atoms with van der Waals surface area (Å²) in [5.41, 5.74) is 3.85. The summed E-state index contributed by atoms with van der Waals surface area (Å²) >= 11 is 7.38. The molecule has 0 saturated heterocycles. The van der Waals surface area contributed by atoms with Crippen molar-refractivity contribution in [2.75, 3.05) is 35.8 Å². The Kier molecular flexibility index (Phi) is 8.72. The molecule has 4 rings (SSSR count). The van der Waals surface area contributed by atoms with Gasteiger partial charge in [-0.2, -0.15) is 0 Å². The van der Waals surface area contributed by atoms with Crippen molar-refractivity contribution in [3.05, 3.63) is 82.4 Å². The third-order valence-electron chi connectivity index (χ3n) is 6.49. The van der Waals surface area contributed by atoms with E-state index in [1.807, 2.05) is 13.0 Å². The maximum Gasteiger partial charge on any atom is 0.261 e. The number of hydrogen-bond donors (Lipinski definition) is 1. The molecular formula is C28H31ClN4O3S2. The number of carbonyl (C=O) groups is 1. The van der Waals surface area contributed by atoms with Crippen LogP contribution in [0.25, 0.3) is 10.2 Å². The van der Waals surface area contributed by atoms with E-state index in [2.05, 4.69) is 36.5 Å². The standard InChI is InChI=1S/C28H31ClN4O3S2/c1-5-32(6-2)14-15-33(28-30-25-16-19(3)20(4)17-26(25)37-28)27(34)21-8-7-9-23(18-21)31-38(35,36)24-12-10-22(29)11-13-24/h7-13,16-18,31H,5-6,14-15H2,1-4H3. The van der Waals surface area contributed by atoms with Gasteiger partial charge in [-0.25, -0.2) is 13.4 Å². The van der Waals surface area contributed by atoms with Crippen molar-refractivity contribution in [2.24, 2.45) is 0 Å². The summed E-state index contributed by atoms with van der Waals surface area (Å²) in [6.45, 7) is 11.2. The quantitative estimate of drug-likeness (QED) is 0.240. The molecule has 0 spiro atoms. The number of benzene rings is 3. The maximum atomic E-state index is 13.9. The Hall–Kier alpha value is -2.98. The molecule has 38 heavy (non-hydrogen) atoms. The van der Waals surface area contributed by atoms with Gasteiger partial charge in [0.25, 0.3) is 15.9 Å². The minimum Gasteiger partial charge on any atom is -0.302 e. The highest BCUT2D eigenvalue weighted by molar-refractivity contribution is 7.92. The normalized spacial score (nSPS) is 11.7. The summed E-state index contributed by atoms with van der Waals surface area (Å²) in [4.78, 5) is 22.7. The molecule has 1 aromatic heterocycles. The van der Waals surface area contributed by atoms with Gasteiger partial charge in [0, 0.05) is 29.4 Å². The zero-order valence-corrected chi connectivity index (χ0v) is 24.3. The van der Waals surface area contributed by atoms with Crippen LogP contribution in [0.1, 0.15) is 35.3 Å². The summed E-state index contributed by atoms with van der Waals surface area (Å²) < 4.78 is 29.4. The van der Waals surface area contributed by atoms with Gasteiger partial charge in [0.05, 0.1) is 15.1 Å². The summed E-state index contributed by atoms with van der Waals surface area (Å²) in [5, 5.41) is 1.07. The SMILES string of the molecule is CCN(CC)CCN(C(=O)c1cccc(NS(=O)(=O)c2ccc(Cl)cc2)c1)c1nc2cc(C)c(C)cc2s1. The highest BCUT2D eigenvalue weighted by Crippen LogP contribution is 2.32. The predicted octanol–water partition coefficient (Wildman–Crippen LogP) is 6.36. The highest BCUT2D eigenvalue weighted by atomic mass is 35.5. The molecule has 0 radical (unpaired) electrons. The Morgan fingerprint density at radius 1 is 0.974 bits per heavy atom. The lowest BCUT2D eigenvalue weighted by Crippen LogP contribution is -2.38. The van der Waals surface area contributed by atoms with Gasteiger partial charge in [0.1, 0.15) is 0 Å². The Labute approximate surface area is 233 Å². The molecule has 0 fully saturated rings. The molecule has 0 atom stereocenters. The first-order valence-electron chi connectivity index (χ1n) is 12.4. The zero-order chi connectivity index (χ0) is 27.4. The molecule has 1 amide bonds.